The van der Waals surface area contributed by atoms with Crippen LogP contribution in [-0.4, -0.2) is 18.1 Å². The lowest BCUT2D eigenvalue weighted by molar-refractivity contribution is 0.0466. The van der Waals surface area contributed by atoms with E-state index >= 15 is 0 Å². The Morgan fingerprint density at radius 3 is 2.62 bits per heavy atom. The van der Waals surface area contributed by atoms with Crippen molar-refractivity contribution in [3.63, 3.8) is 0 Å². The van der Waals surface area contributed by atoms with Crippen molar-refractivity contribution in [3.8, 4) is 16.3 Å². The number of rotatable bonds is 5. The number of hydrogen-bond donors (Lipinski definition) is 0. The molecular formula is C18H14BrNO3S. The fraction of sp³-hybridized carbons (Fsp3) is 0.111. The highest BCUT2D eigenvalue weighted by Gasteiger charge is 2.14. The van der Waals surface area contributed by atoms with E-state index in [0.29, 0.717) is 5.69 Å². The number of halogens is 1. The van der Waals surface area contributed by atoms with Gasteiger partial charge in [0.2, 0.25) is 0 Å². The highest BCUT2D eigenvalue weighted by atomic mass is 79.9. The van der Waals surface area contributed by atoms with E-state index < -0.39 is 5.97 Å². The second-order valence-corrected chi connectivity index (χ2v) is 6.65. The van der Waals surface area contributed by atoms with Gasteiger partial charge in [0.1, 0.15) is 17.4 Å². The predicted molar refractivity (Wildman–Crippen MR) is 97.4 cm³/mol. The number of ether oxygens (including phenoxy) is 2. The molecule has 0 bridgehead atoms. The summed E-state index contributed by atoms with van der Waals surface area (Å²) in [4.78, 5) is 16.5. The van der Waals surface area contributed by atoms with Crippen molar-refractivity contribution < 1.29 is 14.3 Å². The van der Waals surface area contributed by atoms with E-state index in [1.54, 1.807) is 12.5 Å². The second-order valence-electron chi connectivity index (χ2n) is 4.93. The molecule has 0 amide bonds. The third-order valence-electron chi connectivity index (χ3n) is 3.37. The summed E-state index contributed by atoms with van der Waals surface area (Å²) in [5.74, 6) is 0.352. The highest BCUT2D eigenvalue weighted by Crippen LogP contribution is 2.26. The molecule has 0 N–H and O–H groups in total. The lowest BCUT2D eigenvalue weighted by atomic mass is 10.2. The van der Waals surface area contributed by atoms with Crippen LogP contribution >= 0.6 is 27.3 Å². The first-order chi connectivity index (χ1) is 11.7. The lowest BCUT2D eigenvalue weighted by Gasteiger charge is -2.05. The summed E-state index contributed by atoms with van der Waals surface area (Å²) in [5, 5.41) is 2.48. The molecule has 3 aromatic rings. The van der Waals surface area contributed by atoms with Crippen LogP contribution < -0.4 is 4.74 Å². The van der Waals surface area contributed by atoms with Gasteiger partial charge in [0, 0.05) is 21.0 Å². The van der Waals surface area contributed by atoms with Crippen LogP contribution in [0.25, 0.3) is 10.6 Å². The molecule has 0 saturated heterocycles. The Bertz CT molecular complexity index is 845. The van der Waals surface area contributed by atoms with Gasteiger partial charge in [-0.15, -0.1) is 11.3 Å². The maximum Gasteiger partial charge on any atom is 0.358 e. The van der Waals surface area contributed by atoms with Crippen LogP contribution in [0.3, 0.4) is 0 Å². The zero-order valence-electron chi connectivity index (χ0n) is 12.9. The zero-order valence-corrected chi connectivity index (χ0v) is 15.3. The van der Waals surface area contributed by atoms with Crippen LogP contribution in [-0.2, 0) is 11.3 Å². The van der Waals surface area contributed by atoms with Crippen molar-refractivity contribution in [1.29, 1.82) is 0 Å². The van der Waals surface area contributed by atoms with Crippen LogP contribution in [0.5, 0.6) is 5.75 Å². The van der Waals surface area contributed by atoms with Crippen molar-refractivity contribution >= 4 is 33.2 Å². The summed E-state index contributed by atoms with van der Waals surface area (Å²) < 4.78 is 11.4. The number of carbonyl (C=O) groups is 1. The van der Waals surface area contributed by atoms with E-state index in [0.717, 1.165) is 26.4 Å². The zero-order chi connectivity index (χ0) is 16.9. The first kappa shape index (κ1) is 16.7. The van der Waals surface area contributed by atoms with Crippen molar-refractivity contribution in [2.75, 3.05) is 7.11 Å². The molecule has 1 heterocycles. The number of aromatic nitrogens is 1. The first-order valence-electron chi connectivity index (χ1n) is 7.18. The number of hydrogen-bond acceptors (Lipinski definition) is 5. The lowest BCUT2D eigenvalue weighted by Crippen LogP contribution is -2.06. The minimum Gasteiger partial charge on any atom is -0.497 e. The topological polar surface area (TPSA) is 48.4 Å². The number of nitrogens with zero attached hydrogens (tertiary/aromatic N) is 1. The summed E-state index contributed by atoms with van der Waals surface area (Å²) in [6.07, 6.45) is 0. The van der Waals surface area contributed by atoms with Crippen LogP contribution in [0.2, 0.25) is 0 Å². The number of carbonyl (C=O) groups excluding carboxylic acids is 1. The molecule has 2 aromatic carbocycles. The molecule has 0 aliphatic heterocycles. The summed E-state index contributed by atoms with van der Waals surface area (Å²) in [6, 6.07) is 15.2. The van der Waals surface area contributed by atoms with Crippen molar-refractivity contribution in [1.82, 2.24) is 4.98 Å². The Kier molecular flexibility index (Phi) is 5.27. The molecule has 122 valence electrons. The van der Waals surface area contributed by atoms with Crippen molar-refractivity contribution in [2.24, 2.45) is 0 Å². The SMILES string of the molecule is COc1ccc(-c2nc(C(=O)OCc3ccccc3Br)cs2)cc1. The van der Waals surface area contributed by atoms with E-state index in [9.17, 15) is 4.79 Å². The molecule has 0 spiro atoms. The highest BCUT2D eigenvalue weighted by molar-refractivity contribution is 9.10. The number of thiazole rings is 1. The van der Waals surface area contributed by atoms with Crippen LogP contribution in [0.15, 0.2) is 58.4 Å². The maximum atomic E-state index is 12.2. The monoisotopic (exact) mass is 403 g/mol. The van der Waals surface area contributed by atoms with Crippen LogP contribution in [0.1, 0.15) is 16.1 Å². The van der Waals surface area contributed by atoms with E-state index in [4.69, 9.17) is 9.47 Å². The van der Waals surface area contributed by atoms with Gasteiger partial charge in [-0.1, -0.05) is 34.1 Å². The summed E-state index contributed by atoms with van der Waals surface area (Å²) >= 11 is 4.84. The van der Waals surface area contributed by atoms with Crippen LogP contribution in [0, 0.1) is 0 Å². The van der Waals surface area contributed by atoms with Crippen molar-refractivity contribution in [2.45, 2.75) is 6.61 Å². The molecule has 0 saturated carbocycles. The Balaban J connectivity index is 1.68. The Hall–Kier alpha value is -2.18. The molecule has 4 nitrogen and oxygen atoms in total. The maximum absolute atomic E-state index is 12.2. The van der Waals surface area contributed by atoms with Gasteiger partial charge < -0.3 is 9.47 Å². The van der Waals surface area contributed by atoms with Gasteiger partial charge in [-0.05, 0) is 30.3 Å². The molecule has 1 aromatic heterocycles. The number of esters is 1. The van der Waals surface area contributed by atoms with Gasteiger partial charge in [0.05, 0.1) is 7.11 Å². The summed E-state index contributed by atoms with van der Waals surface area (Å²) in [6.45, 7) is 0.204. The molecule has 0 fully saturated rings. The largest absolute Gasteiger partial charge is 0.497 e. The predicted octanol–water partition coefficient (Wildman–Crippen LogP) is 4.94. The van der Waals surface area contributed by atoms with Gasteiger partial charge >= 0.3 is 5.97 Å². The number of benzene rings is 2. The fourth-order valence-electron chi connectivity index (χ4n) is 2.07. The van der Waals surface area contributed by atoms with E-state index in [1.165, 1.54) is 11.3 Å². The van der Waals surface area contributed by atoms with Gasteiger partial charge in [0.15, 0.2) is 5.69 Å². The first-order valence-corrected chi connectivity index (χ1v) is 8.85. The molecular weight excluding hydrogens is 390 g/mol. The van der Waals surface area contributed by atoms with Crippen molar-refractivity contribution in [3.05, 3.63) is 69.6 Å². The van der Waals surface area contributed by atoms with Gasteiger partial charge in [-0.25, -0.2) is 9.78 Å². The average molecular weight is 404 g/mol. The average Bonchev–Trinajstić information content (AvgIpc) is 3.11. The Morgan fingerprint density at radius 1 is 1.17 bits per heavy atom. The molecule has 0 atom stereocenters. The minimum absolute atomic E-state index is 0.204. The molecule has 3 rings (SSSR count). The van der Waals surface area contributed by atoms with E-state index in [1.807, 2.05) is 48.5 Å². The molecule has 6 heteroatoms. The smallest absolute Gasteiger partial charge is 0.358 e. The van der Waals surface area contributed by atoms with E-state index in [2.05, 4.69) is 20.9 Å². The summed E-state index contributed by atoms with van der Waals surface area (Å²) in [7, 11) is 1.62. The molecule has 24 heavy (non-hydrogen) atoms. The van der Waals surface area contributed by atoms with Crippen LogP contribution in [0.4, 0.5) is 0 Å². The normalized spacial score (nSPS) is 10.4. The molecule has 0 radical (unpaired) electrons. The van der Waals surface area contributed by atoms with Gasteiger partial charge in [-0.3, -0.25) is 0 Å². The minimum atomic E-state index is -0.429. The fourth-order valence-corrected chi connectivity index (χ4v) is 3.26. The second kappa shape index (κ2) is 7.59. The third kappa shape index (κ3) is 3.83. The van der Waals surface area contributed by atoms with E-state index in [-0.39, 0.29) is 6.61 Å². The summed E-state index contributed by atoms with van der Waals surface area (Å²) in [5.41, 5.74) is 2.17. The Morgan fingerprint density at radius 2 is 1.92 bits per heavy atom. The standard InChI is InChI=1S/C18H14BrNO3S/c1-22-14-8-6-12(7-9-14)17-20-16(11-24-17)18(21)23-10-13-4-2-3-5-15(13)19/h2-9,11H,10H2,1H3. The molecule has 0 unspecified atom stereocenters. The van der Waals surface area contributed by atoms with Gasteiger partial charge in [0.25, 0.3) is 0 Å². The molecule has 0 aliphatic rings. The quantitative estimate of drug-likeness (QED) is 0.566. The van der Waals surface area contributed by atoms with Gasteiger partial charge in [-0.2, -0.15) is 0 Å². The third-order valence-corrected chi connectivity index (χ3v) is 5.03. The number of methoxy groups -OCH3 is 1. The Labute approximate surface area is 152 Å². The molecule has 0 aliphatic carbocycles.